The van der Waals surface area contributed by atoms with Crippen LogP contribution < -0.4 is 10.1 Å². The normalized spacial score (nSPS) is 13.8. The van der Waals surface area contributed by atoms with Crippen molar-refractivity contribution in [3.63, 3.8) is 0 Å². The number of hydrogen-bond donors (Lipinski definition) is 1. The van der Waals surface area contributed by atoms with Crippen molar-refractivity contribution in [3.8, 4) is 5.88 Å². The number of nitrogens with one attached hydrogen (secondary N) is 1. The summed E-state index contributed by atoms with van der Waals surface area (Å²) in [5, 5.41) is 3.91. The van der Waals surface area contributed by atoms with Crippen LogP contribution in [0.5, 0.6) is 5.88 Å². The molecular weight excluding hydrogens is 354 g/mol. The van der Waals surface area contributed by atoms with E-state index in [1.807, 2.05) is 55.4 Å². The van der Waals surface area contributed by atoms with Gasteiger partial charge in [0.15, 0.2) is 5.76 Å². The molecule has 0 aliphatic heterocycles. The van der Waals surface area contributed by atoms with Crippen LogP contribution in [-0.2, 0) is 13.1 Å². The number of para-hydroxylation sites is 1. The van der Waals surface area contributed by atoms with Crippen molar-refractivity contribution >= 4 is 16.9 Å². The molecule has 28 heavy (non-hydrogen) atoms. The molecular formula is C22H25N3O3. The molecule has 6 nitrogen and oxygen atoms in total. The van der Waals surface area contributed by atoms with Gasteiger partial charge in [-0.2, -0.15) is 0 Å². The van der Waals surface area contributed by atoms with Crippen LogP contribution in [0.3, 0.4) is 0 Å². The minimum atomic E-state index is -0.220. The highest BCUT2D eigenvalue weighted by molar-refractivity contribution is 5.99. The standard InChI is InChI=1S/C22H25N3O3/c1-25(2)13-18-17-5-3-4-6-19(17)28-21(18)22(26)24-12-16-9-10-20(23-11-16)27-14-15-7-8-15/h3-6,9-11,15H,7-8,12-14H2,1-2H3,(H,24,26). The van der Waals surface area contributed by atoms with Crippen molar-refractivity contribution in [1.82, 2.24) is 15.2 Å². The molecule has 1 saturated carbocycles. The van der Waals surface area contributed by atoms with Crippen LogP contribution in [0.2, 0.25) is 0 Å². The fraction of sp³-hybridized carbons (Fsp3) is 0.364. The molecule has 1 fully saturated rings. The van der Waals surface area contributed by atoms with Crippen molar-refractivity contribution < 1.29 is 13.9 Å². The van der Waals surface area contributed by atoms with E-state index >= 15 is 0 Å². The molecule has 0 saturated heterocycles. The number of aromatic nitrogens is 1. The van der Waals surface area contributed by atoms with Gasteiger partial charge in [-0.25, -0.2) is 4.98 Å². The summed E-state index contributed by atoms with van der Waals surface area (Å²) in [5.74, 6) is 1.47. The van der Waals surface area contributed by atoms with Crippen molar-refractivity contribution in [2.24, 2.45) is 5.92 Å². The number of ether oxygens (including phenoxy) is 1. The second-order valence-corrected chi connectivity index (χ2v) is 7.59. The van der Waals surface area contributed by atoms with Gasteiger partial charge in [-0.1, -0.05) is 24.3 Å². The lowest BCUT2D eigenvalue weighted by atomic mass is 10.1. The molecule has 3 aromatic rings. The van der Waals surface area contributed by atoms with Crippen molar-refractivity contribution in [1.29, 1.82) is 0 Å². The Morgan fingerprint density at radius 2 is 2.07 bits per heavy atom. The van der Waals surface area contributed by atoms with E-state index < -0.39 is 0 Å². The molecule has 1 amide bonds. The van der Waals surface area contributed by atoms with Gasteiger partial charge < -0.3 is 19.4 Å². The third kappa shape index (κ3) is 4.34. The number of nitrogens with zero attached hydrogens (tertiary/aromatic N) is 2. The zero-order valence-corrected chi connectivity index (χ0v) is 16.3. The Morgan fingerprint density at radius 1 is 1.25 bits per heavy atom. The quantitative estimate of drug-likeness (QED) is 0.648. The number of carbonyl (C=O) groups is 1. The van der Waals surface area contributed by atoms with Gasteiger partial charge in [0, 0.05) is 36.3 Å². The third-order valence-corrected chi connectivity index (χ3v) is 4.79. The molecule has 6 heteroatoms. The van der Waals surface area contributed by atoms with Crippen LogP contribution in [0.15, 0.2) is 47.0 Å². The maximum absolute atomic E-state index is 12.8. The highest BCUT2D eigenvalue weighted by atomic mass is 16.5. The Bertz CT molecular complexity index is 959. The minimum Gasteiger partial charge on any atom is -0.477 e. The fourth-order valence-corrected chi connectivity index (χ4v) is 3.11. The Morgan fingerprint density at radius 3 is 2.79 bits per heavy atom. The first kappa shape index (κ1) is 18.5. The lowest BCUT2D eigenvalue weighted by Gasteiger charge is -2.10. The first-order valence-electron chi connectivity index (χ1n) is 9.61. The first-order chi connectivity index (χ1) is 13.6. The molecule has 1 N–H and O–H groups in total. The Kier molecular flexibility index (Phi) is 5.30. The number of furan rings is 1. The second kappa shape index (κ2) is 8.02. The molecule has 0 unspecified atom stereocenters. The molecule has 1 aliphatic rings. The van der Waals surface area contributed by atoms with E-state index in [9.17, 15) is 4.79 Å². The summed E-state index contributed by atoms with van der Waals surface area (Å²) in [6, 6.07) is 11.5. The smallest absolute Gasteiger partial charge is 0.287 e. The molecule has 2 aromatic heterocycles. The van der Waals surface area contributed by atoms with Gasteiger partial charge >= 0.3 is 0 Å². The Hall–Kier alpha value is -2.86. The van der Waals surface area contributed by atoms with Crippen molar-refractivity contribution in [2.45, 2.75) is 25.9 Å². The third-order valence-electron chi connectivity index (χ3n) is 4.79. The minimum absolute atomic E-state index is 0.220. The zero-order chi connectivity index (χ0) is 19.5. The van der Waals surface area contributed by atoms with E-state index in [0.29, 0.717) is 30.6 Å². The van der Waals surface area contributed by atoms with Gasteiger partial charge in [-0.3, -0.25) is 4.79 Å². The van der Waals surface area contributed by atoms with Crippen molar-refractivity contribution in [2.75, 3.05) is 20.7 Å². The molecule has 4 rings (SSSR count). The van der Waals surface area contributed by atoms with Gasteiger partial charge in [0.25, 0.3) is 5.91 Å². The van der Waals surface area contributed by atoms with Gasteiger partial charge in [0.05, 0.1) is 6.61 Å². The van der Waals surface area contributed by atoms with Gasteiger partial charge in [0.2, 0.25) is 5.88 Å². The average molecular weight is 379 g/mol. The number of pyridine rings is 1. The molecule has 0 spiro atoms. The van der Waals surface area contributed by atoms with Crippen LogP contribution in [0, 0.1) is 5.92 Å². The molecule has 0 bridgehead atoms. The lowest BCUT2D eigenvalue weighted by molar-refractivity contribution is 0.0923. The zero-order valence-electron chi connectivity index (χ0n) is 16.3. The molecule has 2 heterocycles. The molecule has 0 atom stereocenters. The summed E-state index contributed by atoms with van der Waals surface area (Å²) in [4.78, 5) is 19.1. The van der Waals surface area contributed by atoms with Crippen LogP contribution >= 0.6 is 0 Å². The predicted octanol–water partition coefficient (Wildman–Crippen LogP) is 3.61. The van der Waals surface area contributed by atoms with E-state index in [4.69, 9.17) is 9.15 Å². The van der Waals surface area contributed by atoms with Crippen LogP contribution in [0.1, 0.15) is 34.5 Å². The second-order valence-electron chi connectivity index (χ2n) is 7.59. The largest absolute Gasteiger partial charge is 0.477 e. The van der Waals surface area contributed by atoms with Crippen LogP contribution in [0.25, 0.3) is 11.0 Å². The number of rotatable bonds is 8. The van der Waals surface area contributed by atoms with Crippen molar-refractivity contribution in [3.05, 3.63) is 59.5 Å². The maximum Gasteiger partial charge on any atom is 0.287 e. The lowest BCUT2D eigenvalue weighted by Crippen LogP contribution is -2.24. The van der Waals surface area contributed by atoms with E-state index in [1.54, 1.807) is 6.20 Å². The molecule has 146 valence electrons. The van der Waals surface area contributed by atoms with Crippen LogP contribution in [-0.4, -0.2) is 36.5 Å². The summed E-state index contributed by atoms with van der Waals surface area (Å²) in [5.41, 5.74) is 2.54. The number of hydrogen-bond acceptors (Lipinski definition) is 5. The fourth-order valence-electron chi connectivity index (χ4n) is 3.11. The van der Waals surface area contributed by atoms with Gasteiger partial charge in [-0.05, 0) is 44.5 Å². The number of benzene rings is 1. The topological polar surface area (TPSA) is 67.6 Å². The highest BCUT2D eigenvalue weighted by Crippen LogP contribution is 2.29. The SMILES string of the molecule is CN(C)Cc1c(C(=O)NCc2ccc(OCC3CC3)nc2)oc2ccccc12. The average Bonchev–Trinajstić information content (AvgIpc) is 3.46. The Labute approximate surface area is 164 Å². The molecule has 1 aliphatic carbocycles. The van der Waals surface area contributed by atoms with E-state index in [2.05, 4.69) is 10.3 Å². The monoisotopic (exact) mass is 379 g/mol. The summed E-state index contributed by atoms with van der Waals surface area (Å²) >= 11 is 0. The predicted molar refractivity (Wildman–Crippen MR) is 107 cm³/mol. The molecule has 0 radical (unpaired) electrons. The first-order valence-corrected chi connectivity index (χ1v) is 9.61. The number of amides is 1. The summed E-state index contributed by atoms with van der Waals surface area (Å²) < 4.78 is 11.5. The number of carbonyl (C=O) groups excluding carboxylic acids is 1. The number of fused-ring (bicyclic) bond motifs is 1. The van der Waals surface area contributed by atoms with Gasteiger partial charge in [-0.15, -0.1) is 0 Å². The summed E-state index contributed by atoms with van der Waals surface area (Å²) in [6.45, 7) is 1.76. The van der Waals surface area contributed by atoms with Crippen LogP contribution in [0.4, 0.5) is 0 Å². The van der Waals surface area contributed by atoms with E-state index in [-0.39, 0.29) is 5.91 Å². The maximum atomic E-state index is 12.8. The van der Waals surface area contributed by atoms with E-state index in [1.165, 1.54) is 12.8 Å². The summed E-state index contributed by atoms with van der Waals surface area (Å²) in [6.07, 6.45) is 4.24. The highest BCUT2D eigenvalue weighted by Gasteiger charge is 2.22. The Balaban J connectivity index is 1.43. The summed E-state index contributed by atoms with van der Waals surface area (Å²) in [7, 11) is 3.95. The molecule has 1 aromatic carbocycles. The van der Waals surface area contributed by atoms with E-state index in [0.717, 1.165) is 28.7 Å². The van der Waals surface area contributed by atoms with Gasteiger partial charge in [0.1, 0.15) is 5.58 Å².